The number of aromatic nitrogens is 1. The first-order valence-corrected chi connectivity index (χ1v) is 7.72. The monoisotopic (exact) mass is 284 g/mol. The molecule has 2 heterocycles. The molecule has 0 aliphatic carbocycles. The van der Waals surface area contributed by atoms with Crippen LogP contribution in [-0.4, -0.2) is 51.4 Å². The van der Waals surface area contributed by atoms with E-state index < -0.39 is 10.0 Å². The average molecular weight is 284 g/mol. The van der Waals surface area contributed by atoms with Crippen molar-refractivity contribution in [2.45, 2.75) is 11.3 Å². The lowest BCUT2D eigenvalue weighted by Crippen LogP contribution is -2.24. The number of nitrogens with zero attached hydrogens (tertiary/aromatic N) is 3. The summed E-state index contributed by atoms with van der Waals surface area (Å²) in [6.45, 7) is 2.50. The van der Waals surface area contributed by atoms with Crippen molar-refractivity contribution in [2.24, 2.45) is 11.7 Å². The van der Waals surface area contributed by atoms with Crippen molar-refractivity contribution in [1.82, 2.24) is 9.29 Å². The van der Waals surface area contributed by atoms with Gasteiger partial charge in [0.05, 0.1) is 0 Å². The second kappa shape index (κ2) is 5.44. The predicted molar refractivity (Wildman–Crippen MR) is 74.5 cm³/mol. The molecule has 7 heteroatoms. The van der Waals surface area contributed by atoms with Crippen LogP contribution < -0.4 is 10.6 Å². The molecule has 1 unspecified atom stereocenters. The highest BCUT2D eigenvalue weighted by Gasteiger charge is 2.23. The molecule has 106 valence electrons. The molecule has 6 nitrogen and oxygen atoms in total. The first-order chi connectivity index (χ1) is 8.95. The number of pyridine rings is 1. The van der Waals surface area contributed by atoms with Crippen molar-refractivity contribution in [2.75, 3.05) is 38.6 Å². The van der Waals surface area contributed by atoms with Crippen molar-refractivity contribution in [3.8, 4) is 0 Å². The molecular weight excluding hydrogens is 264 g/mol. The zero-order valence-electron chi connectivity index (χ0n) is 11.3. The van der Waals surface area contributed by atoms with E-state index in [0.717, 1.165) is 25.3 Å². The standard InChI is InChI=1S/C12H20N4O2S/c1-15(2)19(17,18)11-3-4-12(14-8-11)16-6-5-10(7-13)9-16/h3-4,8,10H,5-7,9,13H2,1-2H3. The molecular formula is C12H20N4O2S. The van der Waals surface area contributed by atoms with Crippen LogP contribution in [0.15, 0.2) is 23.2 Å². The summed E-state index contributed by atoms with van der Waals surface area (Å²) in [5.41, 5.74) is 5.66. The summed E-state index contributed by atoms with van der Waals surface area (Å²) < 4.78 is 25.0. The largest absolute Gasteiger partial charge is 0.356 e. The molecule has 1 atom stereocenters. The normalized spacial score (nSPS) is 20.2. The Morgan fingerprint density at radius 2 is 2.21 bits per heavy atom. The van der Waals surface area contributed by atoms with E-state index in [1.54, 1.807) is 12.1 Å². The van der Waals surface area contributed by atoms with E-state index in [0.29, 0.717) is 12.5 Å². The Bertz CT molecular complexity index is 527. The molecule has 1 aliphatic rings. The van der Waals surface area contributed by atoms with E-state index >= 15 is 0 Å². The quantitative estimate of drug-likeness (QED) is 0.849. The van der Waals surface area contributed by atoms with Crippen molar-refractivity contribution in [3.63, 3.8) is 0 Å². The maximum absolute atomic E-state index is 11.9. The van der Waals surface area contributed by atoms with Gasteiger partial charge in [-0.2, -0.15) is 0 Å². The zero-order valence-corrected chi connectivity index (χ0v) is 12.1. The lowest BCUT2D eigenvalue weighted by Gasteiger charge is -2.18. The molecule has 0 amide bonds. The summed E-state index contributed by atoms with van der Waals surface area (Å²) in [6, 6.07) is 3.36. The van der Waals surface area contributed by atoms with Crippen LogP contribution in [0.2, 0.25) is 0 Å². The van der Waals surface area contributed by atoms with E-state index in [4.69, 9.17) is 5.73 Å². The summed E-state index contributed by atoms with van der Waals surface area (Å²) in [6.07, 6.45) is 2.48. The molecule has 0 saturated carbocycles. The zero-order chi connectivity index (χ0) is 14.0. The number of anilines is 1. The number of sulfonamides is 1. The van der Waals surface area contributed by atoms with Crippen LogP contribution in [-0.2, 0) is 10.0 Å². The van der Waals surface area contributed by atoms with Crippen LogP contribution in [0.25, 0.3) is 0 Å². The van der Waals surface area contributed by atoms with Crippen LogP contribution in [0, 0.1) is 5.92 Å². The van der Waals surface area contributed by atoms with Crippen LogP contribution in [0.5, 0.6) is 0 Å². The minimum Gasteiger partial charge on any atom is -0.356 e. The number of nitrogens with two attached hydrogens (primary N) is 1. The predicted octanol–water partition coefficient (Wildman–Crippen LogP) is 0.117. The minimum atomic E-state index is -3.40. The van der Waals surface area contributed by atoms with Crippen molar-refractivity contribution in [3.05, 3.63) is 18.3 Å². The first kappa shape index (κ1) is 14.2. The van der Waals surface area contributed by atoms with Gasteiger partial charge in [-0.15, -0.1) is 0 Å². The molecule has 0 radical (unpaired) electrons. The Hall–Kier alpha value is -1.18. The van der Waals surface area contributed by atoms with Crippen LogP contribution in [0.3, 0.4) is 0 Å². The van der Waals surface area contributed by atoms with Crippen molar-refractivity contribution < 1.29 is 8.42 Å². The van der Waals surface area contributed by atoms with Gasteiger partial charge in [-0.3, -0.25) is 0 Å². The molecule has 1 saturated heterocycles. The van der Waals surface area contributed by atoms with Gasteiger partial charge in [-0.1, -0.05) is 0 Å². The molecule has 19 heavy (non-hydrogen) atoms. The molecule has 0 aromatic carbocycles. The van der Waals surface area contributed by atoms with Gasteiger partial charge in [0.15, 0.2) is 0 Å². The summed E-state index contributed by atoms with van der Waals surface area (Å²) in [7, 11) is -0.381. The van der Waals surface area contributed by atoms with E-state index in [-0.39, 0.29) is 4.90 Å². The van der Waals surface area contributed by atoms with Gasteiger partial charge in [-0.25, -0.2) is 17.7 Å². The smallest absolute Gasteiger partial charge is 0.244 e. The van der Waals surface area contributed by atoms with E-state index in [9.17, 15) is 8.42 Å². The number of hydrogen-bond donors (Lipinski definition) is 1. The third-order valence-electron chi connectivity index (χ3n) is 3.44. The van der Waals surface area contributed by atoms with Gasteiger partial charge in [-0.05, 0) is 31.0 Å². The molecule has 1 aliphatic heterocycles. The SMILES string of the molecule is CN(C)S(=O)(=O)c1ccc(N2CCC(CN)C2)nc1. The summed E-state index contributed by atoms with van der Waals surface area (Å²) in [5.74, 6) is 1.32. The van der Waals surface area contributed by atoms with Gasteiger partial charge in [0.25, 0.3) is 0 Å². The van der Waals surface area contributed by atoms with Crippen LogP contribution in [0.1, 0.15) is 6.42 Å². The van der Waals surface area contributed by atoms with Gasteiger partial charge < -0.3 is 10.6 Å². The number of hydrogen-bond acceptors (Lipinski definition) is 5. The highest BCUT2D eigenvalue weighted by Crippen LogP contribution is 2.22. The van der Waals surface area contributed by atoms with Crippen LogP contribution in [0.4, 0.5) is 5.82 Å². The molecule has 2 N–H and O–H groups in total. The van der Waals surface area contributed by atoms with E-state index in [1.807, 2.05) is 0 Å². The van der Waals surface area contributed by atoms with Crippen LogP contribution >= 0.6 is 0 Å². The molecule has 1 aromatic rings. The molecule has 1 aromatic heterocycles. The maximum atomic E-state index is 11.9. The molecule has 2 rings (SSSR count). The summed E-state index contributed by atoms with van der Waals surface area (Å²) in [5, 5.41) is 0. The minimum absolute atomic E-state index is 0.218. The Kier molecular flexibility index (Phi) is 4.07. The maximum Gasteiger partial charge on any atom is 0.244 e. The lowest BCUT2D eigenvalue weighted by molar-refractivity contribution is 0.520. The number of rotatable bonds is 4. The average Bonchev–Trinajstić information content (AvgIpc) is 2.87. The molecule has 1 fully saturated rings. The first-order valence-electron chi connectivity index (χ1n) is 6.28. The summed E-state index contributed by atoms with van der Waals surface area (Å²) >= 11 is 0. The Labute approximate surface area is 114 Å². The second-order valence-corrected chi connectivity index (χ2v) is 7.13. The van der Waals surface area contributed by atoms with Gasteiger partial charge in [0.1, 0.15) is 10.7 Å². The second-order valence-electron chi connectivity index (χ2n) is 4.98. The van der Waals surface area contributed by atoms with E-state index in [1.165, 1.54) is 24.6 Å². The fraction of sp³-hybridized carbons (Fsp3) is 0.583. The fourth-order valence-corrected chi connectivity index (χ4v) is 3.00. The fourth-order valence-electron chi connectivity index (χ4n) is 2.16. The van der Waals surface area contributed by atoms with Gasteiger partial charge in [0, 0.05) is 33.4 Å². The lowest BCUT2D eigenvalue weighted by atomic mass is 10.1. The summed E-state index contributed by atoms with van der Waals surface area (Å²) in [4.78, 5) is 6.62. The highest BCUT2D eigenvalue weighted by atomic mass is 32.2. The van der Waals surface area contributed by atoms with Crippen molar-refractivity contribution in [1.29, 1.82) is 0 Å². The highest BCUT2D eigenvalue weighted by molar-refractivity contribution is 7.89. The third kappa shape index (κ3) is 2.88. The Balaban J connectivity index is 2.16. The van der Waals surface area contributed by atoms with Crippen molar-refractivity contribution >= 4 is 15.8 Å². The topological polar surface area (TPSA) is 79.5 Å². The Morgan fingerprint density at radius 1 is 1.47 bits per heavy atom. The third-order valence-corrected chi connectivity index (χ3v) is 5.24. The Morgan fingerprint density at radius 3 is 2.68 bits per heavy atom. The van der Waals surface area contributed by atoms with E-state index in [2.05, 4.69) is 9.88 Å². The molecule has 0 bridgehead atoms. The van der Waals surface area contributed by atoms with Gasteiger partial charge >= 0.3 is 0 Å². The van der Waals surface area contributed by atoms with Gasteiger partial charge in [0.2, 0.25) is 10.0 Å². The molecule has 0 spiro atoms.